The monoisotopic (exact) mass is 546 g/mol. The van der Waals surface area contributed by atoms with E-state index in [9.17, 15) is 0 Å². The van der Waals surface area contributed by atoms with Gasteiger partial charge in [0.1, 0.15) is 0 Å². The van der Waals surface area contributed by atoms with Gasteiger partial charge in [-0.15, -0.1) is 0 Å². The molecule has 182 valence electrons. The number of halogens is 2. The average molecular weight is 547 g/mol. The van der Waals surface area contributed by atoms with Crippen molar-refractivity contribution in [2.24, 2.45) is 0 Å². The summed E-state index contributed by atoms with van der Waals surface area (Å²) in [5.41, 5.74) is 0. The Kier molecular flexibility index (Phi) is 16.1. The van der Waals surface area contributed by atoms with Gasteiger partial charge in [-0.05, 0) is 44.1 Å². The molecule has 0 saturated heterocycles. The average Bonchev–Trinajstić information content (AvgIpc) is 3.06. The minimum Gasteiger partial charge on any atom is -1.00 e. The fraction of sp³-hybridized carbons (Fsp3) is 0.692. The van der Waals surface area contributed by atoms with Crippen molar-refractivity contribution in [1.82, 2.24) is 0 Å². The molecule has 0 nitrogen and oxygen atoms in total. The standard InChI is InChI=1S/2C13H23P.2ClH.Fe/c2*1-12(2,3)14(13(4,5)6)11-9-7-8-10-11;;;/h2*7-9H,10H2,1-6H3;2*1H;/q;;;;+2/p-2. The van der Waals surface area contributed by atoms with Gasteiger partial charge >= 0.3 is 17.1 Å². The normalized spacial score (nSPS) is 16.1. The first kappa shape index (κ1) is 36.5. The van der Waals surface area contributed by atoms with Gasteiger partial charge in [-0.2, -0.15) is 0 Å². The second-order valence-corrected chi connectivity index (χ2v) is 19.8. The largest absolute Gasteiger partial charge is 2.00 e. The zero-order valence-corrected chi connectivity index (χ0v) is 26.3. The second-order valence-electron chi connectivity index (χ2n) is 11.9. The van der Waals surface area contributed by atoms with E-state index in [4.69, 9.17) is 0 Å². The van der Waals surface area contributed by atoms with Crippen LogP contribution in [0.15, 0.2) is 47.1 Å². The Labute approximate surface area is 220 Å². The van der Waals surface area contributed by atoms with Gasteiger partial charge in [0.15, 0.2) is 0 Å². The molecular formula is C26H46Cl2FeP2. The molecule has 31 heavy (non-hydrogen) atoms. The quantitative estimate of drug-likeness (QED) is 0.365. The SMILES string of the molecule is CC(C)(C)P(C1=CC=CC1)C(C)(C)C.CC(C)(C)P(C1=CC=CC1)C(C)(C)C.[Cl-].[Cl-].[Fe+2]. The molecule has 0 atom stereocenters. The second kappa shape index (κ2) is 13.7. The first-order valence-electron chi connectivity index (χ1n) is 10.8. The molecule has 0 amide bonds. The maximum absolute atomic E-state index is 2.38. The minimum absolute atomic E-state index is 0. The van der Waals surface area contributed by atoms with Crippen LogP contribution < -0.4 is 24.8 Å². The number of hydrogen-bond acceptors (Lipinski definition) is 0. The van der Waals surface area contributed by atoms with Crippen LogP contribution in [0.2, 0.25) is 0 Å². The molecule has 0 spiro atoms. The molecule has 0 saturated carbocycles. The van der Waals surface area contributed by atoms with Gasteiger partial charge < -0.3 is 24.8 Å². The predicted octanol–water partition coefficient (Wildman–Crippen LogP) is 3.82. The fourth-order valence-electron chi connectivity index (χ4n) is 4.94. The van der Waals surface area contributed by atoms with Crippen molar-refractivity contribution in [3.63, 3.8) is 0 Å². The van der Waals surface area contributed by atoms with Gasteiger partial charge in [-0.25, -0.2) is 0 Å². The van der Waals surface area contributed by atoms with Crippen LogP contribution in [0, 0.1) is 0 Å². The van der Waals surface area contributed by atoms with Crippen LogP contribution >= 0.6 is 15.8 Å². The zero-order chi connectivity index (χ0) is 22.0. The summed E-state index contributed by atoms with van der Waals surface area (Å²) in [4.78, 5) is 0. The van der Waals surface area contributed by atoms with Crippen molar-refractivity contribution >= 4 is 15.8 Å². The first-order valence-corrected chi connectivity index (χ1v) is 13.5. The predicted molar refractivity (Wildman–Crippen MR) is 137 cm³/mol. The first-order chi connectivity index (χ1) is 12.5. The molecule has 0 bridgehead atoms. The molecule has 0 fully saturated rings. The van der Waals surface area contributed by atoms with Crippen molar-refractivity contribution in [2.75, 3.05) is 0 Å². The summed E-state index contributed by atoms with van der Waals surface area (Å²) in [6.45, 7) is 28.5. The molecule has 0 aromatic rings. The third-order valence-electron chi connectivity index (χ3n) is 4.76. The van der Waals surface area contributed by atoms with Crippen LogP contribution in [0.25, 0.3) is 0 Å². The zero-order valence-electron chi connectivity index (χ0n) is 21.9. The number of hydrogen-bond donors (Lipinski definition) is 0. The Morgan fingerprint density at radius 1 is 0.516 bits per heavy atom. The molecule has 2 rings (SSSR count). The minimum atomic E-state index is -0.0453. The Balaban J connectivity index is -0.000000461. The molecule has 2 aliphatic rings. The Hall–Kier alpha value is 0.919. The summed E-state index contributed by atoms with van der Waals surface area (Å²) in [6.07, 6.45) is 16.0. The number of allylic oxidation sites excluding steroid dienone is 8. The molecule has 0 radical (unpaired) electrons. The Morgan fingerprint density at radius 2 is 0.742 bits per heavy atom. The molecule has 0 heterocycles. The van der Waals surface area contributed by atoms with Gasteiger partial charge in [-0.1, -0.05) is 135 Å². The summed E-state index contributed by atoms with van der Waals surface area (Å²) < 4.78 is 0. The van der Waals surface area contributed by atoms with Gasteiger partial charge in [0.05, 0.1) is 0 Å². The molecule has 0 unspecified atom stereocenters. The van der Waals surface area contributed by atoms with E-state index < -0.39 is 0 Å². The van der Waals surface area contributed by atoms with E-state index in [1.807, 2.05) is 0 Å². The Bertz CT molecular complexity index is 563. The van der Waals surface area contributed by atoms with Crippen LogP contribution in [0.4, 0.5) is 0 Å². The third-order valence-corrected chi connectivity index (χ3v) is 11.9. The fourth-order valence-corrected chi connectivity index (χ4v) is 13.5. The number of rotatable bonds is 2. The van der Waals surface area contributed by atoms with Crippen LogP contribution in [-0.4, -0.2) is 20.6 Å². The van der Waals surface area contributed by atoms with Crippen LogP contribution in [0.1, 0.15) is 95.9 Å². The summed E-state index contributed by atoms with van der Waals surface area (Å²) in [7, 11) is -0.0905. The van der Waals surface area contributed by atoms with E-state index in [-0.39, 0.29) is 57.7 Å². The van der Waals surface area contributed by atoms with Crippen molar-refractivity contribution in [3.05, 3.63) is 47.1 Å². The molecule has 5 heteroatoms. The van der Waals surface area contributed by atoms with E-state index in [1.165, 1.54) is 12.8 Å². The molecule has 2 aliphatic carbocycles. The van der Waals surface area contributed by atoms with Crippen molar-refractivity contribution in [2.45, 2.75) is 117 Å². The molecule has 0 aromatic heterocycles. The molecule has 0 N–H and O–H groups in total. The van der Waals surface area contributed by atoms with Gasteiger partial charge in [0.2, 0.25) is 0 Å². The summed E-state index contributed by atoms with van der Waals surface area (Å²) >= 11 is 0. The van der Waals surface area contributed by atoms with Crippen LogP contribution in [0.5, 0.6) is 0 Å². The maximum Gasteiger partial charge on any atom is 2.00 e. The van der Waals surface area contributed by atoms with Gasteiger partial charge in [-0.3, -0.25) is 0 Å². The van der Waals surface area contributed by atoms with Crippen LogP contribution in [-0.2, 0) is 17.1 Å². The van der Waals surface area contributed by atoms with Crippen molar-refractivity contribution in [3.8, 4) is 0 Å². The van der Waals surface area contributed by atoms with E-state index in [1.54, 1.807) is 10.6 Å². The molecule has 0 aliphatic heterocycles. The van der Waals surface area contributed by atoms with E-state index >= 15 is 0 Å². The third kappa shape index (κ3) is 11.7. The summed E-state index contributed by atoms with van der Waals surface area (Å²) in [5, 5.41) is 5.02. The van der Waals surface area contributed by atoms with Crippen molar-refractivity contribution in [1.29, 1.82) is 0 Å². The topological polar surface area (TPSA) is 0 Å². The van der Waals surface area contributed by atoms with E-state index in [0.717, 1.165) is 0 Å². The summed E-state index contributed by atoms with van der Waals surface area (Å²) in [6, 6.07) is 0. The molecule has 0 aromatic carbocycles. The van der Waals surface area contributed by atoms with E-state index in [2.05, 4.69) is 120 Å². The Morgan fingerprint density at radius 3 is 0.871 bits per heavy atom. The van der Waals surface area contributed by atoms with Gasteiger partial charge in [0.25, 0.3) is 0 Å². The van der Waals surface area contributed by atoms with E-state index in [0.29, 0.717) is 20.6 Å². The maximum atomic E-state index is 2.38. The van der Waals surface area contributed by atoms with Crippen molar-refractivity contribution < 1.29 is 41.9 Å². The molecular weight excluding hydrogens is 501 g/mol. The van der Waals surface area contributed by atoms with Crippen LogP contribution in [0.3, 0.4) is 0 Å². The summed E-state index contributed by atoms with van der Waals surface area (Å²) in [5.74, 6) is 0. The van der Waals surface area contributed by atoms with Gasteiger partial charge in [0, 0.05) is 0 Å². The smallest absolute Gasteiger partial charge is 1.00 e.